The zero-order valence-electron chi connectivity index (χ0n) is 26.6. The Balaban J connectivity index is 1.09. The van der Waals surface area contributed by atoms with Gasteiger partial charge in [0.05, 0.1) is 37.6 Å². The molecule has 3 aromatic carbocycles. The number of piperazine rings is 1. The van der Waals surface area contributed by atoms with Crippen LogP contribution in [0.25, 0.3) is 32.8 Å². The van der Waals surface area contributed by atoms with Crippen LogP contribution in [0.5, 0.6) is 11.8 Å². The standard InChI is InChI=1S/C37H37F2N5O4/c1-2-25-29(38)8-3-21-13-24(45)14-28(32(21)25)26-6-7-27-34(33(26)39)41-36(42-35(27)44-15-22-4-5-23(16-44)40-22)48-20-37(9-10-37)19-43-17-30-31(18-43)47-12-11-46-30/h1,3,6-8,13-14,22-23,30-31,40,45H,4-5,9-12,15-20H2/t22?,23?,30-,31+. The Morgan fingerprint density at radius 2 is 1.73 bits per heavy atom. The Labute approximate surface area is 277 Å². The smallest absolute Gasteiger partial charge is 0.319 e. The lowest BCUT2D eigenvalue weighted by Crippen LogP contribution is -2.51. The van der Waals surface area contributed by atoms with Crippen LogP contribution in [0, 0.1) is 29.4 Å². The lowest BCUT2D eigenvalue weighted by atomic mass is 9.93. The van der Waals surface area contributed by atoms with Crippen molar-refractivity contribution in [2.45, 2.75) is 50.0 Å². The molecule has 2 unspecified atom stereocenters. The Kier molecular flexibility index (Phi) is 7.20. The van der Waals surface area contributed by atoms with E-state index in [0.29, 0.717) is 53.9 Å². The normalized spacial score (nSPS) is 26.1. The number of anilines is 1. The van der Waals surface area contributed by atoms with Gasteiger partial charge in [-0.2, -0.15) is 9.97 Å². The van der Waals surface area contributed by atoms with E-state index in [1.807, 2.05) is 0 Å². The van der Waals surface area contributed by atoms with Gasteiger partial charge in [-0.25, -0.2) is 8.78 Å². The molecule has 0 radical (unpaired) electrons. The molecule has 5 heterocycles. The molecule has 1 aromatic heterocycles. The molecule has 48 heavy (non-hydrogen) atoms. The Morgan fingerprint density at radius 1 is 0.979 bits per heavy atom. The third-order valence-electron chi connectivity index (χ3n) is 10.8. The van der Waals surface area contributed by atoms with Crippen molar-refractivity contribution in [3.8, 4) is 35.2 Å². The first-order chi connectivity index (χ1) is 23.4. The maximum Gasteiger partial charge on any atom is 0.319 e. The number of benzene rings is 3. The summed E-state index contributed by atoms with van der Waals surface area (Å²) < 4.78 is 50.0. The molecule has 0 amide bonds. The molecule has 248 valence electrons. The van der Waals surface area contributed by atoms with Crippen molar-refractivity contribution in [3.63, 3.8) is 0 Å². The highest BCUT2D eigenvalue weighted by atomic mass is 19.1. The molecule has 4 saturated heterocycles. The van der Waals surface area contributed by atoms with Gasteiger partial charge in [0.15, 0.2) is 5.82 Å². The first-order valence-corrected chi connectivity index (χ1v) is 16.9. The van der Waals surface area contributed by atoms with Gasteiger partial charge in [0.25, 0.3) is 0 Å². The predicted octanol–water partition coefficient (Wildman–Crippen LogP) is 4.61. The molecule has 2 bridgehead atoms. The van der Waals surface area contributed by atoms with E-state index >= 15 is 4.39 Å². The molecule has 0 spiro atoms. The molecule has 2 N–H and O–H groups in total. The van der Waals surface area contributed by atoms with Crippen LogP contribution >= 0.6 is 0 Å². The van der Waals surface area contributed by atoms with E-state index in [0.717, 1.165) is 58.4 Å². The number of aromatic nitrogens is 2. The fourth-order valence-electron chi connectivity index (χ4n) is 8.27. The Hall–Kier alpha value is -4.08. The van der Waals surface area contributed by atoms with Gasteiger partial charge in [0.2, 0.25) is 0 Å². The summed E-state index contributed by atoms with van der Waals surface area (Å²) in [5, 5.41) is 15.7. The highest BCUT2D eigenvalue weighted by molar-refractivity contribution is 6.04. The quantitative estimate of drug-likeness (QED) is 0.278. The van der Waals surface area contributed by atoms with Crippen LogP contribution in [0.15, 0.2) is 36.4 Å². The molecule has 4 aliphatic heterocycles. The van der Waals surface area contributed by atoms with Crippen LogP contribution in [0.4, 0.5) is 14.6 Å². The van der Waals surface area contributed by atoms with Gasteiger partial charge in [-0.1, -0.05) is 18.1 Å². The van der Waals surface area contributed by atoms with Crippen LogP contribution < -0.4 is 15.0 Å². The Morgan fingerprint density at radius 3 is 2.44 bits per heavy atom. The molecular formula is C37H37F2N5O4. The lowest BCUT2D eigenvalue weighted by molar-refractivity contribution is -0.116. The van der Waals surface area contributed by atoms with E-state index in [2.05, 4.69) is 26.0 Å². The molecule has 4 aromatic rings. The van der Waals surface area contributed by atoms with E-state index in [9.17, 15) is 9.50 Å². The van der Waals surface area contributed by atoms with Crippen molar-refractivity contribution in [1.29, 1.82) is 0 Å². The number of terminal acetylenes is 1. The van der Waals surface area contributed by atoms with Gasteiger partial charge in [0, 0.05) is 66.6 Å². The second kappa shape index (κ2) is 11.5. The highest BCUT2D eigenvalue weighted by Gasteiger charge is 2.48. The van der Waals surface area contributed by atoms with Gasteiger partial charge in [-0.05, 0) is 60.9 Å². The van der Waals surface area contributed by atoms with E-state index in [1.54, 1.807) is 12.1 Å². The van der Waals surface area contributed by atoms with Gasteiger partial charge in [-0.15, -0.1) is 6.42 Å². The van der Waals surface area contributed by atoms with Gasteiger partial charge in [-0.3, -0.25) is 4.90 Å². The summed E-state index contributed by atoms with van der Waals surface area (Å²) in [6, 6.07) is 9.95. The lowest BCUT2D eigenvalue weighted by Gasteiger charge is -2.34. The zero-order chi connectivity index (χ0) is 32.6. The summed E-state index contributed by atoms with van der Waals surface area (Å²) >= 11 is 0. The molecule has 1 saturated carbocycles. The van der Waals surface area contributed by atoms with E-state index in [1.165, 1.54) is 24.3 Å². The third kappa shape index (κ3) is 5.22. The summed E-state index contributed by atoms with van der Waals surface area (Å²) in [4.78, 5) is 14.2. The SMILES string of the molecule is C#Cc1c(F)ccc2cc(O)cc(-c3ccc4c(N5CC6CCC(C5)N6)nc(OCC5(CN6C[C@@H]7OCCO[C@@H]7C6)CC5)nc4c3F)c12. The molecule has 5 aliphatic rings. The maximum absolute atomic E-state index is 16.9. The molecular weight excluding hydrogens is 616 g/mol. The van der Waals surface area contributed by atoms with Gasteiger partial charge in [0.1, 0.15) is 22.9 Å². The number of hydrogen-bond donors (Lipinski definition) is 2. The van der Waals surface area contributed by atoms with Crippen LogP contribution in [0.2, 0.25) is 0 Å². The predicted molar refractivity (Wildman–Crippen MR) is 177 cm³/mol. The van der Waals surface area contributed by atoms with E-state index < -0.39 is 11.6 Å². The first kappa shape index (κ1) is 30.0. The van der Waals surface area contributed by atoms with Crippen molar-refractivity contribution in [2.75, 3.05) is 57.4 Å². The largest absolute Gasteiger partial charge is 0.508 e. The van der Waals surface area contributed by atoms with Gasteiger partial charge >= 0.3 is 6.01 Å². The topological polar surface area (TPSA) is 92.2 Å². The second-order valence-corrected chi connectivity index (χ2v) is 14.2. The number of phenolic OH excluding ortho intramolecular Hbond substituents is 1. The van der Waals surface area contributed by atoms with Crippen molar-refractivity contribution in [3.05, 3.63) is 53.6 Å². The molecule has 1 aliphatic carbocycles. The molecule has 5 fully saturated rings. The summed E-state index contributed by atoms with van der Waals surface area (Å²) in [5.74, 6) is 1.77. The van der Waals surface area contributed by atoms with Crippen LogP contribution in [-0.4, -0.2) is 96.8 Å². The number of ether oxygens (including phenoxy) is 3. The number of halogens is 2. The van der Waals surface area contributed by atoms with Crippen molar-refractivity contribution in [1.82, 2.24) is 20.2 Å². The first-order valence-electron chi connectivity index (χ1n) is 16.9. The molecule has 11 heteroatoms. The van der Waals surface area contributed by atoms with Crippen LogP contribution in [0.3, 0.4) is 0 Å². The number of nitrogens with zero attached hydrogens (tertiary/aromatic N) is 4. The average molecular weight is 654 g/mol. The van der Waals surface area contributed by atoms with E-state index in [4.69, 9.17) is 25.6 Å². The summed E-state index contributed by atoms with van der Waals surface area (Å²) in [6.07, 6.45) is 10.2. The number of fused-ring (bicyclic) bond motifs is 5. The molecule has 9 rings (SSSR count). The summed E-state index contributed by atoms with van der Waals surface area (Å²) in [7, 11) is 0. The number of rotatable bonds is 7. The minimum Gasteiger partial charge on any atom is -0.508 e. The second-order valence-electron chi connectivity index (χ2n) is 14.2. The minimum absolute atomic E-state index is 0.01000. The monoisotopic (exact) mass is 653 g/mol. The van der Waals surface area contributed by atoms with Crippen molar-refractivity contribution in [2.24, 2.45) is 5.41 Å². The van der Waals surface area contributed by atoms with Crippen molar-refractivity contribution >= 4 is 27.5 Å². The van der Waals surface area contributed by atoms with Gasteiger partial charge < -0.3 is 29.5 Å². The average Bonchev–Trinajstić information content (AvgIpc) is 3.59. The number of aromatic hydroxyl groups is 1. The van der Waals surface area contributed by atoms with Crippen LogP contribution in [0.1, 0.15) is 31.2 Å². The molecule has 4 atom stereocenters. The zero-order valence-corrected chi connectivity index (χ0v) is 26.6. The van der Waals surface area contributed by atoms with E-state index in [-0.39, 0.29) is 51.6 Å². The number of hydrogen-bond acceptors (Lipinski definition) is 9. The maximum atomic E-state index is 16.9. The number of likely N-dealkylation sites (tertiary alicyclic amines) is 1. The molecule has 9 nitrogen and oxygen atoms in total. The number of nitrogens with one attached hydrogen (secondary N) is 1. The summed E-state index contributed by atoms with van der Waals surface area (Å²) in [6.45, 7) is 5.75. The summed E-state index contributed by atoms with van der Waals surface area (Å²) in [5.41, 5.74) is 0.527. The number of phenols is 1. The van der Waals surface area contributed by atoms with Crippen molar-refractivity contribution < 1.29 is 28.1 Å². The third-order valence-corrected chi connectivity index (χ3v) is 10.8. The fourth-order valence-corrected chi connectivity index (χ4v) is 8.27. The Bertz CT molecular complexity index is 1950. The minimum atomic E-state index is -0.612. The fraction of sp³-hybridized carbons (Fsp3) is 0.459. The highest BCUT2D eigenvalue weighted by Crippen LogP contribution is 2.47. The van der Waals surface area contributed by atoms with Crippen LogP contribution in [-0.2, 0) is 9.47 Å².